The molecule has 0 saturated carbocycles. The van der Waals surface area contributed by atoms with Crippen molar-refractivity contribution in [3.05, 3.63) is 35.4 Å². The molecule has 0 heterocycles. The van der Waals surface area contributed by atoms with Gasteiger partial charge >= 0.3 is 5.97 Å². The maximum Gasteiger partial charge on any atom is 0.344 e. The molecule has 0 saturated heterocycles. The highest BCUT2D eigenvalue weighted by Crippen LogP contribution is 2.14. The molecule has 1 rings (SSSR count). The van der Waals surface area contributed by atoms with Crippen molar-refractivity contribution in [1.82, 2.24) is 5.32 Å². The summed E-state index contributed by atoms with van der Waals surface area (Å²) in [6, 6.07) is 3.02. The van der Waals surface area contributed by atoms with E-state index < -0.39 is 40.7 Å². The molecule has 4 nitrogen and oxygen atoms in total. The number of halogens is 2. The van der Waals surface area contributed by atoms with E-state index in [1.54, 1.807) is 20.8 Å². The Kier molecular flexibility index (Phi) is 4.81. The van der Waals surface area contributed by atoms with Gasteiger partial charge in [-0.1, -0.05) is 6.07 Å². The second kappa shape index (κ2) is 5.98. The SMILES string of the molecule is CC(OC(=O)c1c(F)cccc1F)C(=O)NC(C)(C)C. The van der Waals surface area contributed by atoms with Crippen LogP contribution in [0.1, 0.15) is 38.1 Å². The monoisotopic (exact) mass is 285 g/mol. The fourth-order valence-corrected chi connectivity index (χ4v) is 1.44. The van der Waals surface area contributed by atoms with Crippen LogP contribution < -0.4 is 5.32 Å². The summed E-state index contributed by atoms with van der Waals surface area (Å²) in [5, 5.41) is 2.60. The summed E-state index contributed by atoms with van der Waals surface area (Å²) in [6.45, 7) is 6.61. The lowest BCUT2D eigenvalue weighted by atomic mass is 10.1. The van der Waals surface area contributed by atoms with Crippen LogP contribution >= 0.6 is 0 Å². The Bertz CT molecular complexity index is 503. The molecule has 0 aliphatic rings. The third-order valence-electron chi connectivity index (χ3n) is 2.32. The number of carbonyl (C=O) groups excluding carboxylic acids is 2. The molecule has 1 amide bonds. The molecule has 1 unspecified atom stereocenters. The van der Waals surface area contributed by atoms with E-state index in [1.165, 1.54) is 6.92 Å². The zero-order valence-electron chi connectivity index (χ0n) is 11.8. The van der Waals surface area contributed by atoms with Crippen molar-refractivity contribution in [2.75, 3.05) is 0 Å². The van der Waals surface area contributed by atoms with Crippen molar-refractivity contribution in [1.29, 1.82) is 0 Å². The Balaban J connectivity index is 2.78. The summed E-state index contributed by atoms with van der Waals surface area (Å²) >= 11 is 0. The highest BCUT2D eigenvalue weighted by Gasteiger charge is 2.25. The van der Waals surface area contributed by atoms with Crippen LogP contribution in [-0.2, 0) is 9.53 Å². The maximum atomic E-state index is 13.4. The lowest BCUT2D eigenvalue weighted by molar-refractivity contribution is -0.130. The largest absolute Gasteiger partial charge is 0.449 e. The van der Waals surface area contributed by atoms with E-state index in [9.17, 15) is 18.4 Å². The molecule has 0 spiro atoms. The zero-order chi connectivity index (χ0) is 15.5. The molecule has 0 aromatic heterocycles. The van der Waals surface area contributed by atoms with Crippen LogP contribution in [0.4, 0.5) is 8.78 Å². The van der Waals surface area contributed by atoms with Gasteiger partial charge in [-0.3, -0.25) is 4.79 Å². The summed E-state index contributed by atoms with van der Waals surface area (Å²) in [6.07, 6.45) is -1.15. The second-order valence-corrected chi connectivity index (χ2v) is 5.38. The first kappa shape index (κ1) is 16.1. The van der Waals surface area contributed by atoms with Crippen LogP contribution in [0, 0.1) is 11.6 Å². The first-order valence-electron chi connectivity index (χ1n) is 6.09. The first-order valence-corrected chi connectivity index (χ1v) is 6.09. The van der Waals surface area contributed by atoms with E-state index in [1.807, 2.05) is 0 Å². The molecule has 0 aliphatic heterocycles. The lowest BCUT2D eigenvalue weighted by Crippen LogP contribution is -2.46. The molecule has 20 heavy (non-hydrogen) atoms. The molecule has 0 radical (unpaired) electrons. The minimum atomic E-state index is -1.21. The van der Waals surface area contributed by atoms with Gasteiger partial charge in [0.25, 0.3) is 5.91 Å². The molecule has 1 aromatic carbocycles. The van der Waals surface area contributed by atoms with Gasteiger partial charge in [0.1, 0.15) is 17.2 Å². The number of hydrogen-bond donors (Lipinski definition) is 1. The van der Waals surface area contributed by atoms with E-state index in [0.717, 1.165) is 18.2 Å². The van der Waals surface area contributed by atoms with Crippen LogP contribution in [0.5, 0.6) is 0 Å². The summed E-state index contributed by atoms with van der Waals surface area (Å²) in [5.74, 6) is -3.81. The molecular weight excluding hydrogens is 268 g/mol. The number of ether oxygens (including phenoxy) is 1. The fourth-order valence-electron chi connectivity index (χ4n) is 1.44. The van der Waals surface area contributed by atoms with E-state index in [2.05, 4.69) is 5.32 Å². The minimum Gasteiger partial charge on any atom is -0.449 e. The van der Waals surface area contributed by atoms with Crippen molar-refractivity contribution < 1.29 is 23.1 Å². The van der Waals surface area contributed by atoms with Gasteiger partial charge in [0, 0.05) is 5.54 Å². The van der Waals surface area contributed by atoms with Crippen LogP contribution in [-0.4, -0.2) is 23.5 Å². The van der Waals surface area contributed by atoms with E-state index in [4.69, 9.17) is 4.74 Å². The number of hydrogen-bond acceptors (Lipinski definition) is 3. The van der Waals surface area contributed by atoms with Crippen LogP contribution in [0.15, 0.2) is 18.2 Å². The van der Waals surface area contributed by atoms with Gasteiger partial charge in [0.05, 0.1) is 0 Å². The fraction of sp³-hybridized carbons (Fsp3) is 0.429. The molecule has 110 valence electrons. The smallest absolute Gasteiger partial charge is 0.344 e. The van der Waals surface area contributed by atoms with Crippen molar-refractivity contribution in [3.63, 3.8) is 0 Å². The number of amides is 1. The Labute approximate surface area is 116 Å². The molecule has 0 bridgehead atoms. The number of benzene rings is 1. The molecule has 0 aliphatic carbocycles. The number of rotatable bonds is 3. The van der Waals surface area contributed by atoms with Crippen molar-refractivity contribution in [3.8, 4) is 0 Å². The average Bonchev–Trinajstić information content (AvgIpc) is 2.26. The summed E-state index contributed by atoms with van der Waals surface area (Å²) in [5.41, 5.74) is -1.30. The quantitative estimate of drug-likeness (QED) is 0.868. The summed E-state index contributed by atoms with van der Waals surface area (Å²) in [4.78, 5) is 23.4. The predicted octanol–water partition coefficient (Wildman–Crippen LogP) is 2.42. The zero-order valence-corrected chi connectivity index (χ0v) is 11.8. The van der Waals surface area contributed by atoms with Gasteiger partial charge in [-0.05, 0) is 39.8 Å². The Morgan fingerprint density at radius 1 is 1.20 bits per heavy atom. The van der Waals surface area contributed by atoms with Crippen molar-refractivity contribution >= 4 is 11.9 Å². The summed E-state index contributed by atoms with van der Waals surface area (Å²) in [7, 11) is 0. The predicted molar refractivity (Wildman–Crippen MR) is 69.1 cm³/mol. The molecular formula is C14H17F2NO3. The van der Waals surface area contributed by atoms with Crippen molar-refractivity contribution in [2.45, 2.75) is 39.3 Å². The highest BCUT2D eigenvalue weighted by molar-refractivity contribution is 5.92. The molecule has 1 atom stereocenters. The van der Waals surface area contributed by atoms with Crippen LogP contribution in [0.25, 0.3) is 0 Å². The molecule has 0 fully saturated rings. The Hall–Kier alpha value is -1.98. The van der Waals surface area contributed by atoms with E-state index in [0.29, 0.717) is 0 Å². The van der Waals surface area contributed by atoms with Gasteiger partial charge in [-0.25, -0.2) is 13.6 Å². The highest BCUT2D eigenvalue weighted by atomic mass is 19.1. The van der Waals surface area contributed by atoms with Crippen LogP contribution in [0.3, 0.4) is 0 Å². The third kappa shape index (κ3) is 4.29. The molecule has 6 heteroatoms. The normalized spacial score (nSPS) is 12.7. The van der Waals surface area contributed by atoms with Gasteiger partial charge in [-0.15, -0.1) is 0 Å². The van der Waals surface area contributed by atoms with E-state index >= 15 is 0 Å². The minimum absolute atomic E-state index is 0.499. The third-order valence-corrected chi connectivity index (χ3v) is 2.32. The van der Waals surface area contributed by atoms with E-state index in [-0.39, 0.29) is 0 Å². The second-order valence-electron chi connectivity index (χ2n) is 5.38. The number of carbonyl (C=O) groups is 2. The molecule has 1 aromatic rings. The number of esters is 1. The van der Waals surface area contributed by atoms with Crippen molar-refractivity contribution in [2.24, 2.45) is 0 Å². The molecule has 1 N–H and O–H groups in total. The standard InChI is InChI=1S/C14H17F2NO3/c1-8(12(18)17-14(2,3)4)20-13(19)11-9(15)6-5-7-10(11)16/h5-8H,1-4H3,(H,17,18). The summed E-state index contributed by atoms with van der Waals surface area (Å²) < 4.78 is 31.5. The van der Waals surface area contributed by atoms with Gasteiger partial charge in [0.2, 0.25) is 0 Å². The topological polar surface area (TPSA) is 55.4 Å². The van der Waals surface area contributed by atoms with Crippen LogP contribution in [0.2, 0.25) is 0 Å². The number of nitrogens with one attached hydrogen (secondary N) is 1. The first-order chi connectivity index (χ1) is 9.11. The Morgan fingerprint density at radius 3 is 2.15 bits per heavy atom. The Morgan fingerprint density at radius 2 is 1.70 bits per heavy atom. The average molecular weight is 285 g/mol. The maximum absolute atomic E-state index is 13.4. The lowest BCUT2D eigenvalue weighted by Gasteiger charge is -2.23. The van der Waals surface area contributed by atoms with Gasteiger partial charge in [0.15, 0.2) is 6.10 Å². The van der Waals surface area contributed by atoms with Gasteiger partial charge in [-0.2, -0.15) is 0 Å². The van der Waals surface area contributed by atoms with Gasteiger partial charge < -0.3 is 10.1 Å².